The predicted molar refractivity (Wildman–Crippen MR) is 69.1 cm³/mol. The van der Waals surface area contributed by atoms with Crippen molar-refractivity contribution in [3.05, 3.63) is 29.3 Å². The van der Waals surface area contributed by atoms with Crippen molar-refractivity contribution >= 4 is 0 Å². The Hall–Kier alpha value is -1.53. The van der Waals surface area contributed by atoms with Crippen molar-refractivity contribution < 1.29 is 4.74 Å². The van der Waals surface area contributed by atoms with Gasteiger partial charge in [0.15, 0.2) is 0 Å². The fraction of sp³-hybridized carbons (Fsp3) is 0.500. The van der Waals surface area contributed by atoms with Crippen molar-refractivity contribution in [3.8, 4) is 11.8 Å². The van der Waals surface area contributed by atoms with Gasteiger partial charge in [-0.15, -0.1) is 0 Å². The summed E-state index contributed by atoms with van der Waals surface area (Å²) in [6, 6.07) is 8.42. The summed E-state index contributed by atoms with van der Waals surface area (Å²) >= 11 is 0. The molecule has 0 fully saturated rings. The highest BCUT2D eigenvalue weighted by atomic mass is 16.5. The van der Waals surface area contributed by atoms with Crippen LogP contribution in [0.3, 0.4) is 0 Å². The maximum absolute atomic E-state index is 8.80. The molecule has 0 heterocycles. The summed E-state index contributed by atoms with van der Waals surface area (Å²) in [5.74, 6) is 1.33. The maximum Gasteiger partial charge on any atom is 0.123 e. The molecule has 0 aliphatic carbocycles. The van der Waals surface area contributed by atoms with Gasteiger partial charge < -0.3 is 10.1 Å². The van der Waals surface area contributed by atoms with Crippen LogP contribution in [0.2, 0.25) is 0 Å². The average Bonchev–Trinajstić information content (AvgIpc) is 2.35. The molecule has 0 bridgehead atoms. The molecule has 3 nitrogen and oxygen atoms in total. The van der Waals surface area contributed by atoms with E-state index in [0.29, 0.717) is 12.3 Å². The first-order chi connectivity index (χ1) is 8.13. The number of hydrogen-bond acceptors (Lipinski definition) is 3. The van der Waals surface area contributed by atoms with Crippen LogP contribution in [0, 0.1) is 11.3 Å². The van der Waals surface area contributed by atoms with Gasteiger partial charge >= 0.3 is 0 Å². The number of nitrogens with zero attached hydrogens (tertiary/aromatic N) is 1. The van der Waals surface area contributed by atoms with Crippen LogP contribution in [0.15, 0.2) is 18.2 Å². The maximum atomic E-state index is 8.80. The molecule has 1 aromatic carbocycles. The zero-order chi connectivity index (χ0) is 12.8. The van der Waals surface area contributed by atoms with Crippen LogP contribution in [0.4, 0.5) is 0 Å². The number of methoxy groups -OCH3 is 1. The van der Waals surface area contributed by atoms with Gasteiger partial charge in [-0.25, -0.2) is 0 Å². The summed E-state index contributed by atoms with van der Waals surface area (Å²) in [6.45, 7) is 4.30. The van der Waals surface area contributed by atoms with Crippen LogP contribution in [0.25, 0.3) is 0 Å². The Morgan fingerprint density at radius 3 is 2.59 bits per heavy atom. The summed E-state index contributed by atoms with van der Waals surface area (Å²) in [7, 11) is 3.53. The van der Waals surface area contributed by atoms with E-state index in [9.17, 15) is 0 Å². The average molecular weight is 232 g/mol. The summed E-state index contributed by atoms with van der Waals surface area (Å²) in [4.78, 5) is 0. The van der Waals surface area contributed by atoms with Crippen LogP contribution in [0.1, 0.15) is 43.4 Å². The predicted octanol–water partition coefficient (Wildman–Crippen LogP) is 2.99. The van der Waals surface area contributed by atoms with Crippen LogP contribution < -0.4 is 10.1 Å². The second-order valence-corrected chi connectivity index (χ2v) is 4.36. The first-order valence-corrected chi connectivity index (χ1v) is 5.86. The summed E-state index contributed by atoms with van der Waals surface area (Å²) < 4.78 is 5.42. The Morgan fingerprint density at radius 2 is 2.12 bits per heavy atom. The molecule has 1 aromatic rings. The van der Waals surface area contributed by atoms with Crippen LogP contribution >= 0.6 is 0 Å². The lowest BCUT2D eigenvalue weighted by atomic mass is 9.97. The van der Waals surface area contributed by atoms with E-state index in [2.05, 4.69) is 37.4 Å². The van der Waals surface area contributed by atoms with Gasteiger partial charge in [0.1, 0.15) is 5.75 Å². The zero-order valence-electron chi connectivity index (χ0n) is 10.9. The second kappa shape index (κ2) is 6.27. The van der Waals surface area contributed by atoms with Crippen LogP contribution in [0.5, 0.6) is 5.75 Å². The second-order valence-electron chi connectivity index (χ2n) is 4.36. The minimum absolute atomic E-state index is 0.0242. The summed E-state index contributed by atoms with van der Waals surface area (Å²) in [5.41, 5.74) is 2.29. The van der Waals surface area contributed by atoms with Crippen LogP contribution in [-0.4, -0.2) is 14.2 Å². The lowest BCUT2D eigenvalue weighted by Crippen LogP contribution is -2.16. The normalized spacial score (nSPS) is 12.2. The molecule has 0 radical (unpaired) electrons. The van der Waals surface area contributed by atoms with Gasteiger partial charge in [-0.3, -0.25) is 0 Å². The highest BCUT2D eigenvalue weighted by Gasteiger charge is 2.15. The van der Waals surface area contributed by atoms with E-state index in [4.69, 9.17) is 10.00 Å². The number of nitriles is 1. The van der Waals surface area contributed by atoms with Gasteiger partial charge in [0.2, 0.25) is 0 Å². The van der Waals surface area contributed by atoms with Crippen molar-refractivity contribution in [2.24, 2.45) is 0 Å². The van der Waals surface area contributed by atoms with Gasteiger partial charge in [-0.1, -0.05) is 26.0 Å². The summed E-state index contributed by atoms with van der Waals surface area (Å²) in [6.07, 6.45) is 0.438. The van der Waals surface area contributed by atoms with Gasteiger partial charge in [0.05, 0.1) is 19.6 Å². The van der Waals surface area contributed by atoms with E-state index >= 15 is 0 Å². The van der Waals surface area contributed by atoms with E-state index in [1.165, 1.54) is 5.56 Å². The third-order valence-electron chi connectivity index (χ3n) is 2.94. The fourth-order valence-electron chi connectivity index (χ4n) is 1.83. The Kier molecular flexibility index (Phi) is 4.99. The minimum Gasteiger partial charge on any atom is -0.496 e. The van der Waals surface area contributed by atoms with Crippen molar-refractivity contribution in [3.63, 3.8) is 0 Å². The lowest BCUT2D eigenvalue weighted by Gasteiger charge is -2.18. The molecule has 0 spiro atoms. The molecule has 92 valence electrons. The van der Waals surface area contributed by atoms with Crippen molar-refractivity contribution in [2.45, 2.75) is 32.2 Å². The number of benzene rings is 1. The molecule has 17 heavy (non-hydrogen) atoms. The van der Waals surface area contributed by atoms with Crippen molar-refractivity contribution in [1.82, 2.24) is 5.32 Å². The van der Waals surface area contributed by atoms with Crippen LogP contribution in [-0.2, 0) is 0 Å². The zero-order valence-corrected chi connectivity index (χ0v) is 10.9. The SMILES string of the molecule is CNC(CC#N)c1ccc(C(C)C)cc1OC. The van der Waals surface area contributed by atoms with E-state index < -0.39 is 0 Å². The minimum atomic E-state index is 0.0242. The first kappa shape index (κ1) is 13.5. The molecule has 0 aliphatic heterocycles. The standard InChI is InChI=1S/C14H20N2O/c1-10(2)11-5-6-12(14(9-11)17-4)13(16-3)7-8-15/h5-6,9-10,13,16H,7H2,1-4H3. The third-order valence-corrected chi connectivity index (χ3v) is 2.94. The molecule has 3 heteroatoms. The van der Waals surface area contributed by atoms with Gasteiger partial charge in [0, 0.05) is 11.6 Å². The number of rotatable bonds is 5. The molecule has 1 atom stereocenters. The molecule has 0 amide bonds. The Bertz CT molecular complexity index is 407. The number of nitrogens with one attached hydrogen (secondary N) is 1. The Morgan fingerprint density at radius 1 is 1.41 bits per heavy atom. The summed E-state index contributed by atoms with van der Waals surface area (Å²) in [5, 5.41) is 11.9. The monoisotopic (exact) mass is 232 g/mol. The molecule has 0 saturated heterocycles. The highest BCUT2D eigenvalue weighted by Crippen LogP contribution is 2.30. The largest absolute Gasteiger partial charge is 0.496 e. The van der Waals surface area contributed by atoms with Gasteiger partial charge in [-0.05, 0) is 24.6 Å². The quantitative estimate of drug-likeness (QED) is 0.848. The van der Waals surface area contributed by atoms with E-state index in [-0.39, 0.29) is 6.04 Å². The molecular weight excluding hydrogens is 212 g/mol. The molecule has 0 aromatic heterocycles. The Labute approximate surface area is 103 Å². The number of hydrogen-bond donors (Lipinski definition) is 1. The molecule has 0 saturated carbocycles. The molecule has 0 aliphatic rings. The highest BCUT2D eigenvalue weighted by molar-refractivity contribution is 5.41. The molecule has 1 N–H and O–H groups in total. The third kappa shape index (κ3) is 3.21. The van der Waals surface area contributed by atoms with E-state index in [0.717, 1.165) is 11.3 Å². The fourth-order valence-corrected chi connectivity index (χ4v) is 1.83. The first-order valence-electron chi connectivity index (χ1n) is 5.86. The number of ether oxygens (including phenoxy) is 1. The topological polar surface area (TPSA) is 45.0 Å². The van der Waals surface area contributed by atoms with Crippen molar-refractivity contribution in [2.75, 3.05) is 14.2 Å². The van der Waals surface area contributed by atoms with Gasteiger partial charge in [0.25, 0.3) is 0 Å². The molecule has 1 rings (SSSR count). The molecule has 1 unspecified atom stereocenters. The Balaban J connectivity index is 3.11. The smallest absolute Gasteiger partial charge is 0.123 e. The van der Waals surface area contributed by atoms with E-state index in [1.807, 2.05) is 13.1 Å². The van der Waals surface area contributed by atoms with Crippen molar-refractivity contribution in [1.29, 1.82) is 5.26 Å². The molecular formula is C14H20N2O. The van der Waals surface area contributed by atoms with E-state index in [1.54, 1.807) is 7.11 Å². The lowest BCUT2D eigenvalue weighted by molar-refractivity contribution is 0.401. The van der Waals surface area contributed by atoms with Gasteiger partial charge in [-0.2, -0.15) is 5.26 Å².